The Hall–Kier alpha value is -3.26. The zero-order valence-electron chi connectivity index (χ0n) is 15.3. The number of carbonyl (C=O) groups excluding carboxylic acids is 1. The number of aliphatic carboxylic acids is 1. The quantitative estimate of drug-likeness (QED) is 0.489. The number of carboxylic acid groups (broad SMARTS) is 1. The Morgan fingerprint density at radius 2 is 1.89 bits per heavy atom. The van der Waals surface area contributed by atoms with Crippen molar-refractivity contribution in [1.82, 2.24) is 5.43 Å². The summed E-state index contributed by atoms with van der Waals surface area (Å²) >= 11 is 5.94. The summed E-state index contributed by atoms with van der Waals surface area (Å²) in [6.45, 7) is 1.80. The van der Waals surface area contributed by atoms with Crippen LogP contribution < -0.4 is 19.6 Å². The molecule has 28 heavy (non-hydrogen) atoms. The van der Waals surface area contributed by atoms with Gasteiger partial charge in [-0.25, -0.2) is 10.2 Å². The van der Waals surface area contributed by atoms with Crippen LogP contribution in [0.3, 0.4) is 0 Å². The number of halogens is 1. The van der Waals surface area contributed by atoms with Gasteiger partial charge < -0.3 is 19.3 Å². The maximum Gasteiger partial charge on any atom is 0.341 e. The lowest BCUT2D eigenvalue weighted by atomic mass is 10.2. The smallest absolute Gasteiger partial charge is 0.341 e. The summed E-state index contributed by atoms with van der Waals surface area (Å²) in [5, 5.41) is 13.0. The zero-order valence-corrected chi connectivity index (χ0v) is 16.0. The lowest BCUT2D eigenvalue weighted by Crippen LogP contribution is -2.18. The van der Waals surface area contributed by atoms with Gasteiger partial charge in [0.05, 0.1) is 19.9 Å². The summed E-state index contributed by atoms with van der Waals surface area (Å²) < 4.78 is 15.8. The molecule has 2 N–H and O–H groups in total. The SMILES string of the molecule is CCOc1ccc(C(=O)N/N=C/c2cc(Cl)ccc2OCC(=O)O)cc1OC. The maximum atomic E-state index is 12.3. The van der Waals surface area contributed by atoms with E-state index < -0.39 is 18.5 Å². The normalized spacial score (nSPS) is 10.5. The number of hydrogen-bond donors (Lipinski definition) is 2. The molecule has 0 aliphatic rings. The molecule has 0 radical (unpaired) electrons. The molecule has 0 bridgehead atoms. The van der Waals surface area contributed by atoms with Gasteiger partial charge in [0.1, 0.15) is 5.75 Å². The Labute approximate surface area is 166 Å². The number of carbonyl (C=O) groups is 2. The first kappa shape index (κ1) is 21.0. The summed E-state index contributed by atoms with van der Waals surface area (Å²) in [6, 6.07) is 9.37. The van der Waals surface area contributed by atoms with Crippen LogP contribution in [0.15, 0.2) is 41.5 Å². The summed E-state index contributed by atoms with van der Waals surface area (Å²) in [5.41, 5.74) is 3.12. The van der Waals surface area contributed by atoms with Crippen molar-refractivity contribution < 1.29 is 28.9 Å². The fourth-order valence-electron chi connectivity index (χ4n) is 2.20. The van der Waals surface area contributed by atoms with E-state index >= 15 is 0 Å². The number of nitrogens with zero attached hydrogens (tertiary/aromatic N) is 1. The summed E-state index contributed by atoms with van der Waals surface area (Å²) in [7, 11) is 1.48. The number of benzene rings is 2. The minimum Gasteiger partial charge on any atom is -0.493 e. The second-order valence-corrected chi connectivity index (χ2v) is 5.80. The second kappa shape index (κ2) is 10.2. The topological polar surface area (TPSA) is 106 Å². The van der Waals surface area contributed by atoms with Crippen LogP contribution in [0.4, 0.5) is 0 Å². The fraction of sp³-hybridized carbons (Fsp3) is 0.211. The molecule has 2 aromatic carbocycles. The van der Waals surface area contributed by atoms with E-state index in [1.54, 1.807) is 18.2 Å². The van der Waals surface area contributed by atoms with Gasteiger partial charge in [0.15, 0.2) is 18.1 Å². The Kier molecular flexibility index (Phi) is 7.65. The largest absolute Gasteiger partial charge is 0.493 e. The molecule has 0 atom stereocenters. The molecule has 0 heterocycles. The van der Waals surface area contributed by atoms with Crippen molar-refractivity contribution >= 4 is 29.7 Å². The van der Waals surface area contributed by atoms with E-state index in [4.69, 9.17) is 30.9 Å². The third kappa shape index (κ3) is 5.88. The number of carboxylic acids is 1. The molecular formula is C19H19ClN2O6. The lowest BCUT2D eigenvalue weighted by Gasteiger charge is -2.10. The van der Waals surface area contributed by atoms with Gasteiger partial charge in [0.25, 0.3) is 5.91 Å². The predicted molar refractivity (Wildman–Crippen MR) is 104 cm³/mol. The highest BCUT2D eigenvalue weighted by Gasteiger charge is 2.11. The van der Waals surface area contributed by atoms with Crippen LogP contribution in [0.25, 0.3) is 0 Å². The van der Waals surface area contributed by atoms with Gasteiger partial charge in [0, 0.05) is 16.1 Å². The Morgan fingerprint density at radius 3 is 2.57 bits per heavy atom. The third-order valence-corrected chi connectivity index (χ3v) is 3.65. The van der Waals surface area contributed by atoms with Crippen molar-refractivity contribution in [3.63, 3.8) is 0 Å². The second-order valence-electron chi connectivity index (χ2n) is 5.36. The van der Waals surface area contributed by atoms with Crippen LogP contribution >= 0.6 is 11.6 Å². The maximum absolute atomic E-state index is 12.3. The molecule has 0 spiro atoms. The molecule has 8 nitrogen and oxygen atoms in total. The van der Waals surface area contributed by atoms with Crippen LogP contribution in [-0.4, -0.2) is 43.5 Å². The number of hydrogen-bond acceptors (Lipinski definition) is 6. The Balaban J connectivity index is 2.11. The molecule has 0 fully saturated rings. The molecule has 0 saturated heterocycles. The number of nitrogens with one attached hydrogen (secondary N) is 1. The molecule has 0 aromatic heterocycles. The van der Waals surface area contributed by atoms with E-state index in [1.165, 1.54) is 31.5 Å². The van der Waals surface area contributed by atoms with Gasteiger partial charge in [-0.1, -0.05) is 11.6 Å². The molecule has 0 aliphatic carbocycles. The van der Waals surface area contributed by atoms with Crippen molar-refractivity contribution in [2.75, 3.05) is 20.3 Å². The van der Waals surface area contributed by atoms with E-state index in [9.17, 15) is 9.59 Å². The van der Waals surface area contributed by atoms with Gasteiger partial charge >= 0.3 is 5.97 Å². The van der Waals surface area contributed by atoms with Gasteiger partial charge in [-0.2, -0.15) is 5.10 Å². The average Bonchev–Trinajstić information content (AvgIpc) is 2.67. The molecular weight excluding hydrogens is 388 g/mol. The minimum atomic E-state index is -1.12. The molecule has 0 aliphatic heterocycles. The average molecular weight is 407 g/mol. The Bertz CT molecular complexity index is 885. The van der Waals surface area contributed by atoms with Crippen LogP contribution in [-0.2, 0) is 4.79 Å². The van der Waals surface area contributed by atoms with E-state index in [0.29, 0.717) is 34.3 Å². The van der Waals surface area contributed by atoms with Gasteiger partial charge in [-0.05, 0) is 43.3 Å². The first-order valence-electron chi connectivity index (χ1n) is 8.23. The number of ether oxygens (including phenoxy) is 3. The summed E-state index contributed by atoms with van der Waals surface area (Å²) in [5.74, 6) is -0.349. The molecule has 0 unspecified atom stereocenters. The molecule has 2 rings (SSSR count). The number of amides is 1. The highest BCUT2D eigenvalue weighted by atomic mass is 35.5. The fourth-order valence-corrected chi connectivity index (χ4v) is 2.38. The first-order chi connectivity index (χ1) is 13.4. The lowest BCUT2D eigenvalue weighted by molar-refractivity contribution is -0.139. The highest BCUT2D eigenvalue weighted by molar-refractivity contribution is 6.30. The number of rotatable bonds is 9. The van der Waals surface area contributed by atoms with Crippen LogP contribution in [0.2, 0.25) is 5.02 Å². The van der Waals surface area contributed by atoms with E-state index in [1.807, 2.05) is 6.92 Å². The third-order valence-electron chi connectivity index (χ3n) is 3.42. The molecule has 2 aromatic rings. The predicted octanol–water partition coefficient (Wildman–Crippen LogP) is 2.97. The highest BCUT2D eigenvalue weighted by Crippen LogP contribution is 2.28. The van der Waals surface area contributed by atoms with Crippen molar-refractivity contribution in [3.05, 3.63) is 52.5 Å². The van der Waals surface area contributed by atoms with Crippen LogP contribution in [0, 0.1) is 0 Å². The summed E-state index contributed by atoms with van der Waals surface area (Å²) in [6.07, 6.45) is 1.31. The van der Waals surface area contributed by atoms with Crippen molar-refractivity contribution in [3.8, 4) is 17.2 Å². The van der Waals surface area contributed by atoms with Gasteiger partial charge in [-0.3, -0.25) is 4.79 Å². The first-order valence-corrected chi connectivity index (χ1v) is 8.60. The zero-order chi connectivity index (χ0) is 20.5. The van der Waals surface area contributed by atoms with E-state index in [0.717, 1.165) is 0 Å². The molecule has 1 amide bonds. The van der Waals surface area contributed by atoms with Crippen LogP contribution in [0.1, 0.15) is 22.8 Å². The van der Waals surface area contributed by atoms with E-state index in [-0.39, 0.29) is 5.75 Å². The van der Waals surface area contributed by atoms with Crippen LogP contribution in [0.5, 0.6) is 17.2 Å². The molecule has 0 saturated carbocycles. The summed E-state index contributed by atoms with van der Waals surface area (Å²) in [4.78, 5) is 23.0. The monoisotopic (exact) mass is 406 g/mol. The number of hydrazone groups is 1. The van der Waals surface area contributed by atoms with Gasteiger partial charge in [0.2, 0.25) is 0 Å². The van der Waals surface area contributed by atoms with Gasteiger partial charge in [-0.15, -0.1) is 0 Å². The minimum absolute atomic E-state index is 0.271. The Morgan fingerprint density at radius 1 is 1.14 bits per heavy atom. The van der Waals surface area contributed by atoms with Crippen molar-refractivity contribution in [1.29, 1.82) is 0 Å². The van der Waals surface area contributed by atoms with E-state index in [2.05, 4.69) is 10.5 Å². The number of methoxy groups -OCH3 is 1. The molecule has 9 heteroatoms. The molecule has 148 valence electrons. The van der Waals surface area contributed by atoms with Crippen molar-refractivity contribution in [2.24, 2.45) is 5.10 Å². The van der Waals surface area contributed by atoms with Crippen molar-refractivity contribution in [2.45, 2.75) is 6.92 Å². The standard InChI is InChI=1S/C19H19ClN2O6/c1-3-27-16-6-4-12(9-17(16)26-2)19(25)22-21-10-13-8-14(20)5-7-15(13)28-11-18(23)24/h4-10H,3,11H2,1-2H3,(H,22,25)(H,23,24)/b21-10+.